The van der Waals surface area contributed by atoms with Gasteiger partial charge in [0.05, 0.1) is 5.39 Å². The molecule has 0 aliphatic carbocycles. The first-order valence-electron chi connectivity index (χ1n) is 10.7. The van der Waals surface area contributed by atoms with Gasteiger partial charge in [-0.2, -0.15) is 0 Å². The van der Waals surface area contributed by atoms with Crippen molar-refractivity contribution in [2.45, 2.75) is 33.1 Å². The second-order valence-electron chi connectivity index (χ2n) is 8.16. The molecule has 8 nitrogen and oxygen atoms in total. The standard InChI is InChI=1S/C24H27N5O3/c1-14-17(15(2)27-22-21(14)23(31)29(4)24(32)28(22)3)9-10-20(30)25-12-11-16-13-26-19-8-6-5-7-18(16)19/h5-8,13,26H,9-12H2,1-4H3,(H,25,30). The number of rotatable bonds is 6. The molecule has 0 radical (unpaired) electrons. The minimum atomic E-state index is -0.406. The zero-order valence-electron chi connectivity index (χ0n) is 18.8. The van der Waals surface area contributed by atoms with E-state index in [1.165, 1.54) is 22.6 Å². The highest BCUT2D eigenvalue weighted by Gasteiger charge is 2.17. The summed E-state index contributed by atoms with van der Waals surface area (Å²) in [5.74, 6) is -0.0443. The second-order valence-corrected chi connectivity index (χ2v) is 8.16. The number of carbonyl (C=O) groups excluding carboxylic acids is 1. The largest absolute Gasteiger partial charge is 0.361 e. The number of fused-ring (bicyclic) bond motifs is 2. The molecule has 0 aliphatic rings. The second kappa shape index (κ2) is 8.45. The van der Waals surface area contributed by atoms with E-state index in [-0.39, 0.29) is 11.5 Å². The van der Waals surface area contributed by atoms with Crippen LogP contribution in [0.1, 0.15) is 28.8 Å². The fourth-order valence-corrected chi connectivity index (χ4v) is 4.31. The third kappa shape index (κ3) is 3.72. The van der Waals surface area contributed by atoms with E-state index in [9.17, 15) is 14.4 Å². The Morgan fingerprint density at radius 2 is 1.84 bits per heavy atom. The number of nitrogens with zero attached hydrogens (tertiary/aromatic N) is 3. The van der Waals surface area contributed by atoms with Crippen molar-refractivity contribution in [1.29, 1.82) is 0 Å². The van der Waals surface area contributed by atoms with Crippen LogP contribution in [-0.4, -0.2) is 31.6 Å². The number of carbonyl (C=O) groups is 1. The summed E-state index contributed by atoms with van der Waals surface area (Å²) < 4.78 is 2.48. The van der Waals surface area contributed by atoms with Gasteiger partial charge in [0, 0.05) is 49.9 Å². The number of aromatic amines is 1. The average molecular weight is 434 g/mol. The van der Waals surface area contributed by atoms with Crippen molar-refractivity contribution < 1.29 is 4.79 Å². The van der Waals surface area contributed by atoms with E-state index in [1.54, 1.807) is 7.05 Å². The molecule has 4 aromatic rings. The lowest BCUT2D eigenvalue weighted by Crippen LogP contribution is -2.38. The van der Waals surface area contributed by atoms with E-state index in [1.807, 2.05) is 38.2 Å². The molecule has 0 fully saturated rings. The number of amides is 1. The van der Waals surface area contributed by atoms with Gasteiger partial charge < -0.3 is 10.3 Å². The number of aromatic nitrogens is 4. The van der Waals surface area contributed by atoms with Crippen molar-refractivity contribution in [3.63, 3.8) is 0 Å². The van der Waals surface area contributed by atoms with E-state index < -0.39 is 5.69 Å². The van der Waals surface area contributed by atoms with Gasteiger partial charge in [0.25, 0.3) is 5.56 Å². The minimum absolute atomic E-state index is 0.0443. The van der Waals surface area contributed by atoms with Crippen LogP contribution in [0.4, 0.5) is 0 Å². The number of nitrogens with one attached hydrogen (secondary N) is 2. The smallest absolute Gasteiger partial charge is 0.332 e. The summed E-state index contributed by atoms with van der Waals surface area (Å²) >= 11 is 0. The first-order chi connectivity index (χ1) is 15.3. The van der Waals surface area contributed by atoms with Crippen LogP contribution in [0, 0.1) is 13.8 Å². The van der Waals surface area contributed by atoms with Crippen LogP contribution in [-0.2, 0) is 31.7 Å². The maximum Gasteiger partial charge on any atom is 0.332 e. The Morgan fingerprint density at radius 3 is 2.62 bits per heavy atom. The number of pyridine rings is 1. The molecule has 0 unspecified atom stereocenters. The lowest BCUT2D eigenvalue weighted by molar-refractivity contribution is -0.121. The molecule has 8 heteroatoms. The molecule has 0 saturated carbocycles. The Hall–Kier alpha value is -3.68. The number of para-hydroxylation sites is 1. The molecule has 3 heterocycles. The predicted molar refractivity (Wildman–Crippen MR) is 125 cm³/mol. The zero-order chi connectivity index (χ0) is 23.0. The first kappa shape index (κ1) is 21.5. The summed E-state index contributed by atoms with van der Waals surface area (Å²) in [6.07, 6.45) is 3.51. The average Bonchev–Trinajstić information content (AvgIpc) is 3.19. The summed E-state index contributed by atoms with van der Waals surface area (Å²) in [5.41, 5.74) is 4.24. The molecule has 1 aromatic carbocycles. The number of hydrogen-bond donors (Lipinski definition) is 2. The molecule has 166 valence electrons. The molecule has 0 aliphatic heterocycles. The van der Waals surface area contributed by atoms with Crippen LogP contribution in [0.3, 0.4) is 0 Å². The molecule has 0 saturated heterocycles. The van der Waals surface area contributed by atoms with Gasteiger partial charge in [-0.1, -0.05) is 18.2 Å². The molecule has 1 amide bonds. The monoisotopic (exact) mass is 433 g/mol. The number of H-pyrrole nitrogens is 1. The van der Waals surface area contributed by atoms with Gasteiger partial charge in [-0.05, 0) is 49.4 Å². The number of aryl methyl sites for hydroxylation is 3. The molecule has 3 aromatic heterocycles. The van der Waals surface area contributed by atoms with Gasteiger partial charge in [-0.15, -0.1) is 0 Å². The third-order valence-electron chi connectivity index (χ3n) is 6.17. The summed E-state index contributed by atoms with van der Waals surface area (Å²) in [4.78, 5) is 45.1. The Morgan fingerprint density at radius 1 is 1.09 bits per heavy atom. The fraction of sp³-hybridized carbons (Fsp3) is 0.333. The third-order valence-corrected chi connectivity index (χ3v) is 6.17. The van der Waals surface area contributed by atoms with Gasteiger partial charge in [0.2, 0.25) is 5.91 Å². The molecule has 0 bridgehead atoms. The fourth-order valence-electron chi connectivity index (χ4n) is 4.31. The van der Waals surface area contributed by atoms with E-state index >= 15 is 0 Å². The predicted octanol–water partition coefficient (Wildman–Crippen LogP) is 2.02. The summed E-state index contributed by atoms with van der Waals surface area (Å²) in [7, 11) is 3.07. The SMILES string of the molecule is Cc1nc2c(c(C)c1CCC(=O)NCCc1c[nH]c3ccccc13)c(=O)n(C)c(=O)n2C. The number of hydrogen-bond acceptors (Lipinski definition) is 4. The quantitative estimate of drug-likeness (QED) is 0.486. The van der Waals surface area contributed by atoms with Crippen LogP contribution in [0.15, 0.2) is 40.1 Å². The van der Waals surface area contributed by atoms with Crippen molar-refractivity contribution in [3.8, 4) is 0 Å². The minimum Gasteiger partial charge on any atom is -0.361 e. The van der Waals surface area contributed by atoms with E-state index in [2.05, 4.69) is 21.4 Å². The molecule has 2 N–H and O–H groups in total. The highest BCUT2D eigenvalue weighted by atomic mass is 16.2. The Balaban J connectivity index is 1.46. The van der Waals surface area contributed by atoms with Crippen molar-refractivity contribution in [1.82, 2.24) is 24.4 Å². The number of benzene rings is 1. The molecule has 32 heavy (non-hydrogen) atoms. The van der Waals surface area contributed by atoms with Gasteiger partial charge in [0.15, 0.2) is 0 Å². The Labute approximate surface area is 184 Å². The van der Waals surface area contributed by atoms with Crippen molar-refractivity contribution in [2.24, 2.45) is 14.1 Å². The lowest BCUT2D eigenvalue weighted by atomic mass is 10.00. The highest BCUT2D eigenvalue weighted by Crippen LogP contribution is 2.21. The summed E-state index contributed by atoms with van der Waals surface area (Å²) in [5, 5.41) is 4.58. The van der Waals surface area contributed by atoms with Gasteiger partial charge >= 0.3 is 5.69 Å². The van der Waals surface area contributed by atoms with Crippen LogP contribution in [0.25, 0.3) is 21.9 Å². The maximum absolute atomic E-state index is 12.7. The van der Waals surface area contributed by atoms with Crippen LogP contribution >= 0.6 is 0 Å². The van der Waals surface area contributed by atoms with Crippen molar-refractivity contribution >= 4 is 27.8 Å². The molecule has 0 spiro atoms. The molecular weight excluding hydrogens is 406 g/mol. The molecule has 4 rings (SSSR count). The molecular formula is C24H27N5O3. The Bertz CT molecular complexity index is 1460. The Kier molecular flexibility index (Phi) is 5.69. The van der Waals surface area contributed by atoms with Gasteiger partial charge in [0.1, 0.15) is 5.65 Å². The van der Waals surface area contributed by atoms with Gasteiger partial charge in [-0.3, -0.25) is 18.7 Å². The van der Waals surface area contributed by atoms with Crippen molar-refractivity contribution in [3.05, 3.63) is 73.7 Å². The zero-order valence-corrected chi connectivity index (χ0v) is 18.8. The van der Waals surface area contributed by atoms with E-state index in [4.69, 9.17) is 0 Å². The van der Waals surface area contributed by atoms with E-state index in [0.29, 0.717) is 30.4 Å². The lowest BCUT2D eigenvalue weighted by Gasteiger charge is -2.14. The summed E-state index contributed by atoms with van der Waals surface area (Å²) in [6, 6.07) is 8.10. The van der Waals surface area contributed by atoms with Crippen LogP contribution in [0.2, 0.25) is 0 Å². The van der Waals surface area contributed by atoms with Gasteiger partial charge in [-0.25, -0.2) is 9.78 Å². The maximum atomic E-state index is 12.7. The molecule has 0 atom stereocenters. The van der Waals surface area contributed by atoms with Crippen molar-refractivity contribution in [2.75, 3.05) is 6.54 Å². The summed E-state index contributed by atoms with van der Waals surface area (Å²) in [6.45, 7) is 4.25. The van der Waals surface area contributed by atoms with Crippen LogP contribution < -0.4 is 16.6 Å². The van der Waals surface area contributed by atoms with Crippen LogP contribution in [0.5, 0.6) is 0 Å². The highest BCUT2D eigenvalue weighted by molar-refractivity contribution is 5.83. The normalized spacial score (nSPS) is 11.4. The van der Waals surface area contributed by atoms with E-state index in [0.717, 1.165) is 33.3 Å². The first-order valence-corrected chi connectivity index (χ1v) is 10.7. The topological polar surface area (TPSA) is 102 Å².